The van der Waals surface area contributed by atoms with E-state index in [1.807, 2.05) is 40.5 Å². The number of sulfonamides is 1. The first-order chi connectivity index (χ1) is 14.5. The molecule has 9 heteroatoms. The van der Waals surface area contributed by atoms with E-state index in [9.17, 15) is 13.2 Å². The first kappa shape index (κ1) is 20.6. The number of carbonyl (C=O) groups is 1. The fraction of sp³-hybridized carbons (Fsp3) is 0.286. The number of carbonyl (C=O) groups excluding carboxylic acids is 1. The molecule has 30 heavy (non-hydrogen) atoms. The van der Waals surface area contributed by atoms with Crippen LogP contribution in [-0.2, 0) is 10.0 Å². The minimum absolute atomic E-state index is 0.150. The molecule has 1 aliphatic rings. The lowest BCUT2D eigenvalue weighted by Gasteiger charge is -2.26. The molecule has 0 radical (unpaired) electrons. The van der Waals surface area contributed by atoms with Crippen molar-refractivity contribution in [3.8, 4) is 11.4 Å². The van der Waals surface area contributed by atoms with Crippen LogP contribution in [-0.4, -0.2) is 43.4 Å². The van der Waals surface area contributed by atoms with Gasteiger partial charge in [0.25, 0.3) is 5.91 Å². The van der Waals surface area contributed by atoms with Gasteiger partial charge in [-0.25, -0.2) is 8.42 Å². The standard InChI is InChI=1S/C21H23N3O4S2/c1-28-19-8-7-16(30(26,27)24-12-3-2-4-13-24)15-17(19)22-21(25)20-18(9-14-29-20)23-10-5-6-11-23/h5-11,14-15H,2-4,12-13H2,1H3,(H,22,25). The second-order valence-corrected chi connectivity index (χ2v) is 9.86. The summed E-state index contributed by atoms with van der Waals surface area (Å²) in [6.45, 7) is 1.04. The summed E-state index contributed by atoms with van der Waals surface area (Å²) >= 11 is 1.32. The Labute approximate surface area is 179 Å². The number of hydrogen-bond donors (Lipinski definition) is 1. The maximum absolute atomic E-state index is 13.0. The lowest BCUT2D eigenvalue weighted by atomic mass is 10.2. The van der Waals surface area contributed by atoms with Crippen LogP contribution < -0.4 is 10.1 Å². The Morgan fingerprint density at radius 1 is 1.10 bits per heavy atom. The van der Waals surface area contributed by atoms with Gasteiger partial charge in [-0.05, 0) is 54.6 Å². The molecule has 7 nitrogen and oxygen atoms in total. The molecule has 0 atom stereocenters. The van der Waals surface area contributed by atoms with Crippen molar-refractivity contribution >= 4 is 33.0 Å². The van der Waals surface area contributed by atoms with Gasteiger partial charge in [-0.3, -0.25) is 4.79 Å². The molecule has 158 valence electrons. The van der Waals surface area contributed by atoms with Crippen molar-refractivity contribution in [1.82, 2.24) is 8.87 Å². The second kappa shape index (κ2) is 8.63. The Morgan fingerprint density at radius 2 is 1.83 bits per heavy atom. The number of methoxy groups -OCH3 is 1. The summed E-state index contributed by atoms with van der Waals surface area (Å²) in [7, 11) is -2.13. The van der Waals surface area contributed by atoms with Gasteiger partial charge in [-0.1, -0.05) is 6.42 Å². The number of thiophene rings is 1. The zero-order valence-corrected chi connectivity index (χ0v) is 18.2. The van der Waals surface area contributed by atoms with Gasteiger partial charge in [0.1, 0.15) is 10.6 Å². The van der Waals surface area contributed by atoms with Crippen molar-refractivity contribution in [3.63, 3.8) is 0 Å². The molecule has 0 unspecified atom stereocenters. The van der Waals surface area contributed by atoms with E-state index >= 15 is 0 Å². The van der Waals surface area contributed by atoms with Crippen molar-refractivity contribution in [2.24, 2.45) is 0 Å². The lowest BCUT2D eigenvalue weighted by molar-refractivity contribution is 0.103. The molecule has 2 aromatic heterocycles. The monoisotopic (exact) mass is 445 g/mol. The predicted octanol–water partition coefficient (Wildman–Crippen LogP) is 3.97. The number of piperidine rings is 1. The number of rotatable bonds is 6. The maximum Gasteiger partial charge on any atom is 0.267 e. The number of anilines is 1. The highest BCUT2D eigenvalue weighted by molar-refractivity contribution is 7.89. The van der Waals surface area contributed by atoms with E-state index < -0.39 is 10.0 Å². The summed E-state index contributed by atoms with van der Waals surface area (Å²) in [4.78, 5) is 13.7. The highest BCUT2D eigenvalue weighted by Crippen LogP contribution is 2.31. The van der Waals surface area contributed by atoms with Crippen LogP contribution in [0, 0.1) is 0 Å². The average Bonchev–Trinajstić information content (AvgIpc) is 3.46. The van der Waals surface area contributed by atoms with Crippen LogP contribution >= 0.6 is 11.3 Å². The first-order valence-electron chi connectivity index (χ1n) is 9.71. The number of amides is 1. The molecule has 1 aromatic carbocycles. The van der Waals surface area contributed by atoms with Crippen molar-refractivity contribution in [2.45, 2.75) is 24.2 Å². The molecule has 0 spiro atoms. The van der Waals surface area contributed by atoms with Crippen molar-refractivity contribution in [1.29, 1.82) is 0 Å². The van der Waals surface area contributed by atoms with Gasteiger partial charge >= 0.3 is 0 Å². The van der Waals surface area contributed by atoms with Crippen LogP contribution in [0.1, 0.15) is 28.9 Å². The van der Waals surface area contributed by atoms with Gasteiger partial charge in [0.2, 0.25) is 10.0 Å². The summed E-state index contributed by atoms with van der Waals surface area (Å²) in [5, 5.41) is 4.68. The van der Waals surface area contributed by atoms with Gasteiger partial charge in [0, 0.05) is 25.5 Å². The van der Waals surface area contributed by atoms with E-state index in [1.54, 1.807) is 6.07 Å². The Hall–Kier alpha value is -2.62. The van der Waals surface area contributed by atoms with E-state index in [4.69, 9.17) is 4.74 Å². The number of nitrogens with one attached hydrogen (secondary N) is 1. The van der Waals surface area contributed by atoms with E-state index in [0.29, 0.717) is 29.4 Å². The molecule has 3 aromatic rings. The van der Waals surface area contributed by atoms with E-state index in [0.717, 1.165) is 24.9 Å². The molecule has 1 N–H and O–H groups in total. The molecule has 1 aliphatic heterocycles. The third-order valence-corrected chi connectivity index (χ3v) is 7.90. The largest absolute Gasteiger partial charge is 0.495 e. The summed E-state index contributed by atoms with van der Waals surface area (Å²) in [5.41, 5.74) is 1.09. The third kappa shape index (κ3) is 4.00. The number of ether oxygens (including phenoxy) is 1. The molecule has 3 heterocycles. The highest BCUT2D eigenvalue weighted by Gasteiger charge is 2.27. The molecule has 0 bridgehead atoms. The topological polar surface area (TPSA) is 80.6 Å². The minimum atomic E-state index is -3.62. The summed E-state index contributed by atoms with van der Waals surface area (Å²) in [5.74, 6) is 0.0829. The molecular formula is C21H23N3O4S2. The predicted molar refractivity (Wildman–Crippen MR) is 117 cm³/mol. The summed E-state index contributed by atoms with van der Waals surface area (Å²) < 4.78 is 34.8. The Morgan fingerprint density at radius 3 is 2.53 bits per heavy atom. The van der Waals surface area contributed by atoms with Crippen LogP contribution in [0.5, 0.6) is 5.75 Å². The van der Waals surface area contributed by atoms with E-state index in [2.05, 4.69) is 5.32 Å². The van der Waals surface area contributed by atoms with Crippen LogP contribution in [0.4, 0.5) is 5.69 Å². The Balaban J connectivity index is 1.64. The van der Waals surface area contributed by atoms with Crippen molar-refractivity contribution in [3.05, 3.63) is 59.0 Å². The smallest absolute Gasteiger partial charge is 0.267 e. The van der Waals surface area contributed by atoms with Crippen LogP contribution in [0.3, 0.4) is 0 Å². The molecule has 1 amide bonds. The van der Waals surface area contributed by atoms with Gasteiger partial charge < -0.3 is 14.6 Å². The zero-order chi connectivity index (χ0) is 21.1. The fourth-order valence-corrected chi connectivity index (χ4v) is 5.88. The van der Waals surface area contributed by atoms with Gasteiger partial charge in [0.15, 0.2) is 0 Å². The fourth-order valence-electron chi connectivity index (χ4n) is 3.55. The van der Waals surface area contributed by atoms with E-state index in [1.165, 1.54) is 34.9 Å². The zero-order valence-electron chi connectivity index (χ0n) is 16.6. The number of aromatic nitrogens is 1. The van der Waals surface area contributed by atoms with Gasteiger partial charge in [-0.2, -0.15) is 4.31 Å². The highest BCUT2D eigenvalue weighted by atomic mass is 32.2. The normalized spacial score (nSPS) is 15.1. The van der Waals surface area contributed by atoms with E-state index in [-0.39, 0.29) is 10.8 Å². The molecule has 0 saturated carbocycles. The minimum Gasteiger partial charge on any atom is -0.495 e. The third-order valence-electron chi connectivity index (χ3n) is 5.11. The second-order valence-electron chi connectivity index (χ2n) is 7.01. The van der Waals surface area contributed by atoms with Crippen LogP contribution in [0.25, 0.3) is 5.69 Å². The number of nitrogens with zero attached hydrogens (tertiary/aromatic N) is 2. The molecular weight excluding hydrogens is 422 g/mol. The molecule has 4 rings (SSSR count). The van der Waals surface area contributed by atoms with Crippen LogP contribution in [0.2, 0.25) is 0 Å². The molecule has 1 fully saturated rings. The number of benzene rings is 1. The molecule has 1 saturated heterocycles. The quantitative estimate of drug-likeness (QED) is 0.622. The van der Waals surface area contributed by atoms with Crippen molar-refractivity contribution in [2.75, 3.05) is 25.5 Å². The average molecular weight is 446 g/mol. The molecule has 0 aliphatic carbocycles. The number of hydrogen-bond acceptors (Lipinski definition) is 5. The van der Waals surface area contributed by atoms with Gasteiger partial charge in [-0.15, -0.1) is 11.3 Å². The summed E-state index contributed by atoms with van der Waals surface area (Å²) in [6.07, 6.45) is 6.50. The van der Waals surface area contributed by atoms with Crippen LogP contribution in [0.15, 0.2) is 59.1 Å². The Kier molecular flexibility index (Phi) is 5.94. The SMILES string of the molecule is COc1ccc(S(=O)(=O)N2CCCCC2)cc1NC(=O)c1sccc1-n1cccc1. The first-order valence-corrected chi connectivity index (χ1v) is 12.0. The maximum atomic E-state index is 13.0. The summed E-state index contributed by atoms with van der Waals surface area (Å²) in [6, 6.07) is 10.2. The Bertz CT molecular complexity index is 1130. The van der Waals surface area contributed by atoms with Crippen molar-refractivity contribution < 1.29 is 17.9 Å². The lowest BCUT2D eigenvalue weighted by Crippen LogP contribution is -2.35. The van der Waals surface area contributed by atoms with Gasteiger partial charge in [0.05, 0.1) is 23.4 Å².